The van der Waals surface area contributed by atoms with Crippen molar-refractivity contribution in [1.82, 2.24) is 15.0 Å². The lowest BCUT2D eigenvalue weighted by Gasteiger charge is -2.12. The molecule has 0 saturated carbocycles. The first-order valence-electron chi connectivity index (χ1n) is 8.87. The van der Waals surface area contributed by atoms with Gasteiger partial charge in [0.2, 0.25) is 0 Å². The summed E-state index contributed by atoms with van der Waals surface area (Å²) >= 11 is 0. The first-order chi connectivity index (χ1) is 14.1. The van der Waals surface area contributed by atoms with Crippen LogP contribution in [0.25, 0.3) is 44.2 Å². The number of nitrogens with one attached hydrogen (secondary N) is 1. The van der Waals surface area contributed by atoms with Crippen LogP contribution in [0.15, 0.2) is 78.1 Å². The van der Waals surface area contributed by atoms with E-state index < -0.39 is 0 Å². The number of hydrogen-bond donors (Lipinski definition) is 1. The third-order valence-corrected chi connectivity index (χ3v) is 4.84. The van der Waals surface area contributed by atoms with Crippen LogP contribution in [0.5, 0.6) is 0 Å². The highest BCUT2D eigenvalue weighted by molar-refractivity contribution is 6.03. The Kier molecular flexibility index (Phi) is 3.80. The SMILES string of the molecule is O=c1[nH]cc(-c2cc(-c3ccccc3F)nc3ncccc23)c2cc[n+]([O-])cc12. The molecule has 0 aliphatic rings. The number of rotatable bonds is 2. The van der Waals surface area contributed by atoms with Gasteiger partial charge in [-0.05, 0) is 35.9 Å². The topological polar surface area (TPSA) is 85.6 Å². The Morgan fingerprint density at radius 2 is 1.83 bits per heavy atom. The fourth-order valence-corrected chi connectivity index (χ4v) is 3.50. The smallest absolute Gasteiger partial charge is 0.261 e. The molecular weight excluding hydrogens is 371 g/mol. The van der Waals surface area contributed by atoms with E-state index in [0.29, 0.717) is 32.6 Å². The lowest BCUT2D eigenvalue weighted by Crippen LogP contribution is -2.25. The lowest BCUT2D eigenvalue weighted by molar-refractivity contribution is -0.603. The predicted octanol–water partition coefficient (Wildman–Crippen LogP) is 3.58. The zero-order valence-electron chi connectivity index (χ0n) is 15.0. The van der Waals surface area contributed by atoms with E-state index >= 15 is 0 Å². The molecule has 0 bridgehead atoms. The van der Waals surface area contributed by atoms with Crippen molar-refractivity contribution in [2.75, 3.05) is 0 Å². The summed E-state index contributed by atoms with van der Waals surface area (Å²) in [6.07, 6.45) is 5.78. The van der Waals surface area contributed by atoms with Gasteiger partial charge in [-0.25, -0.2) is 14.4 Å². The van der Waals surface area contributed by atoms with Gasteiger partial charge in [0, 0.05) is 40.4 Å². The van der Waals surface area contributed by atoms with E-state index in [1.54, 1.807) is 48.8 Å². The lowest BCUT2D eigenvalue weighted by atomic mass is 9.97. The minimum Gasteiger partial charge on any atom is -0.619 e. The van der Waals surface area contributed by atoms with Crippen molar-refractivity contribution in [3.8, 4) is 22.4 Å². The number of aromatic amines is 1. The molecule has 140 valence electrons. The number of aromatic nitrogens is 4. The Morgan fingerprint density at radius 1 is 0.966 bits per heavy atom. The van der Waals surface area contributed by atoms with Crippen LogP contribution >= 0.6 is 0 Å². The van der Waals surface area contributed by atoms with E-state index in [4.69, 9.17) is 0 Å². The number of hydrogen-bond acceptors (Lipinski definition) is 4. The summed E-state index contributed by atoms with van der Waals surface area (Å²) in [4.78, 5) is 23.8. The van der Waals surface area contributed by atoms with Crippen molar-refractivity contribution in [3.05, 3.63) is 94.7 Å². The van der Waals surface area contributed by atoms with Crippen LogP contribution in [-0.2, 0) is 0 Å². The number of halogens is 1. The summed E-state index contributed by atoms with van der Waals surface area (Å²) in [5.41, 5.74) is 2.30. The van der Waals surface area contributed by atoms with Crippen molar-refractivity contribution in [2.45, 2.75) is 0 Å². The van der Waals surface area contributed by atoms with Crippen molar-refractivity contribution in [2.24, 2.45) is 0 Å². The van der Waals surface area contributed by atoms with Gasteiger partial charge in [0.15, 0.2) is 18.0 Å². The second-order valence-corrected chi connectivity index (χ2v) is 6.57. The second-order valence-electron chi connectivity index (χ2n) is 6.57. The van der Waals surface area contributed by atoms with Gasteiger partial charge in [0.25, 0.3) is 5.56 Å². The van der Waals surface area contributed by atoms with Gasteiger partial charge in [-0.1, -0.05) is 12.1 Å². The Hall–Kier alpha value is -4.13. The number of benzene rings is 1. The van der Waals surface area contributed by atoms with E-state index in [-0.39, 0.29) is 16.8 Å². The number of H-pyrrole nitrogens is 1. The average Bonchev–Trinajstić information content (AvgIpc) is 2.74. The fraction of sp³-hybridized carbons (Fsp3) is 0. The van der Waals surface area contributed by atoms with E-state index in [2.05, 4.69) is 15.0 Å². The Balaban J connectivity index is 1.89. The standard InChI is InChI=1S/C22H13FN4O2/c23-19-6-2-1-4-15(19)20-10-16(14-5-3-8-24-21(14)26-20)17-11-25-22(28)18-12-27(29)9-7-13(17)18/h1-12H,(H,25,28). The van der Waals surface area contributed by atoms with Gasteiger partial charge < -0.3 is 10.2 Å². The molecule has 1 N–H and O–H groups in total. The van der Waals surface area contributed by atoms with Crippen molar-refractivity contribution in [3.63, 3.8) is 0 Å². The molecule has 5 rings (SSSR count). The summed E-state index contributed by atoms with van der Waals surface area (Å²) in [6.45, 7) is 0. The first kappa shape index (κ1) is 17.0. The zero-order chi connectivity index (χ0) is 20.0. The highest BCUT2D eigenvalue weighted by Gasteiger charge is 2.16. The summed E-state index contributed by atoms with van der Waals surface area (Å²) in [5, 5.41) is 13.3. The average molecular weight is 384 g/mol. The van der Waals surface area contributed by atoms with E-state index in [1.165, 1.54) is 18.5 Å². The van der Waals surface area contributed by atoms with Gasteiger partial charge in [0.1, 0.15) is 11.2 Å². The summed E-state index contributed by atoms with van der Waals surface area (Å²) in [5.74, 6) is -0.389. The third kappa shape index (κ3) is 2.80. The molecule has 5 aromatic rings. The molecule has 0 unspecified atom stereocenters. The molecular formula is C22H13FN4O2. The number of fused-ring (bicyclic) bond motifs is 2. The van der Waals surface area contributed by atoms with Gasteiger partial charge in [-0.3, -0.25) is 4.79 Å². The van der Waals surface area contributed by atoms with Crippen LogP contribution in [-0.4, -0.2) is 15.0 Å². The zero-order valence-corrected chi connectivity index (χ0v) is 15.0. The quantitative estimate of drug-likeness (QED) is 0.372. The van der Waals surface area contributed by atoms with Crippen molar-refractivity contribution in [1.29, 1.82) is 0 Å². The molecule has 0 aliphatic heterocycles. The highest BCUT2D eigenvalue weighted by atomic mass is 19.1. The van der Waals surface area contributed by atoms with Crippen LogP contribution < -0.4 is 10.3 Å². The molecule has 0 spiro atoms. The van der Waals surface area contributed by atoms with E-state index in [1.807, 2.05) is 6.07 Å². The Labute approximate surface area is 163 Å². The molecule has 0 amide bonds. The molecule has 4 aromatic heterocycles. The molecule has 0 atom stereocenters. The Bertz CT molecular complexity index is 1460. The summed E-state index contributed by atoms with van der Waals surface area (Å²) in [6, 6.07) is 13.4. The monoisotopic (exact) mass is 384 g/mol. The molecule has 0 fully saturated rings. The molecule has 0 radical (unpaired) electrons. The van der Waals surface area contributed by atoms with Gasteiger partial charge in [0.05, 0.1) is 5.69 Å². The summed E-state index contributed by atoms with van der Waals surface area (Å²) in [7, 11) is 0. The Morgan fingerprint density at radius 3 is 2.69 bits per heavy atom. The van der Waals surface area contributed by atoms with Crippen LogP contribution in [0.4, 0.5) is 4.39 Å². The van der Waals surface area contributed by atoms with Crippen molar-refractivity contribution >= 4 is 21.8 Å². The number of pyridine rings is 4. The fourth-order valence-electron chi connectivity index (χ4n) is 3.50. The maximum Gasteiger partial charge on any atom is 0.261 e. The van der Waals surface area contributed by atoms with Gasteiger partial charge >= 0.3 is 0 Å². The largest absolute Gasteiger partial charge is 0.619 e. The molecule has 1 aromatic carbocycles. The molecule has 0 aliphatic carbocycles. The number of nitrogens with zero attached hydrogens (tertiary/aromatic N) is 3. The summed E-state index contributed by atoms with van der Waals surface area (Å²) < 4.78 is 15.0. The van der Waals surface area contributed by atoms with E-state index in [9.17, 15) is 14.4 Å². The minimum absolute atomic E-state index is 0.265. The first-order valence-corrected chi connectivity index (χ1v) is 8.87. The maximum absolute atomic E-state index is 14.4. The second kappa shape index (κ2) is 6.49. The van der Waals surface area contributed by atoms with Crippen LogP contribution in [0, 0.1) is 11.0 Å². The van der Waals surface area contributed by atoms with Crippen LogP contribution in [0.1, 0.15) is 0 Å². The minimum atomic E-state index is -0.389. The van der Waals surface area contributed by atoms with E-state index in [0.717, 1.165) is 10.9 Å². The van der Waals surface area contributed by atoms with Gasteiger partial charge in [-0.2, -0.15) is 4.73 Å². The molecule has 7 heteroatoms. The highest BCUT2D eigenvalue weighted by Crippen LogP contribution is 2.34. The van der Waals surface area contributed by atoms with Gasteiger partial charge in [-0.15, -0.1) is 0 Å². The predicted molar refractivity (Wildman–Crippen MR) is 107 cm³/mol. The molecule has 4 heterocycles. The molecule has 0 saturated heterocycles. The van der Waals surface area contributed by atoms with Crippen LogP contribution in [0.2, 0.25) is 0 Å². The van der Waals surface area contributed by atoms with Crippen LogP contribution in [0.3, 0.4) is 0 Å². The molecule has 6 nitrogen and oxygen atoms in total. The molecule has 29 heavy (non-hydrogen) atoms. The maximum atomic E-state index is 14.4. The third-order valence-electron chi connectivity index (χ3n) is 4.84. The van der Waals surface area contributed by atoms with Crippen molar-refractivity contribution < 1.29 is 9.12 Å². The normalized spacial score (nSPS) is 11.2.